The molecule has 2 unspecified atom stereocenters. The summed E-state index contributed by atoms with van der Waals surface area (Å²) < 4.78 is 5.94. The Morgan fingerprint density at radius 2 is 1.73 bits per heavy atom. The van der Waals surface area contributed by atoms with Crippen LogP contribution in [-0.2, 0) is 4.74 Å². The lowest BCUT2D eigenvalue weighted by molar-refractivity contribution is -0.0696. The van der Waals surface area contributed by atoms with Gasteiger partial charge in [-0.3, -0.25) is 0 Å². The first-order chi connectivity index (χ1) is 6.83. The molecule has 1 nitrogen and oxygen atoms in total. The van der Waals surface area contributed by atoms with Gasteiger partial charge in [-0.25, -0.2) is 0 Å². The fraction of sp³-hybridized carbons (Fsp3) is 0.857. The summed E-state index contributed by atoms with van der Waals surface area (Å²) in [6.45, 7) is 17.9. The molecule has 0 radical (unpaired) electrons. The van der Waals surface area contributed by atoms with Crippen LogP contribution in [0.4, 0.5) is 0 Å². The summed E-state index contributed by atoms with van der Waals surface area (Å²) in [7, 11) is 0. The second-order valence-corrected chi connectivity index (χ2v) is 5.49. The zero-order valence-corrected chi connectivity index (χ0v) is 11.3. The summed E-state index contributed by atoms with van der Waals surface area (Å²) in [4.78, 5) is 0. The maximum Gasteiger partial charge on any atom is 0.0684 e. The van der Waals surface area contributed by atoms with Crippen LogP contribution in [0.15, 0.2) is 12.7 Å². The van der Waals surface area contributed by atoms with Crippen LogP contribution in [0.1, 0.15) is 48.0 Å². The van der Waals surface area contributed by atoms with Gasteiger partial charge in [0.05, 0.1) is 12.2 Å². The SMILES string of the molecule is C=CCOC(C)(CC(C)C(C)C)C(C)C. The standard InChI is InChI=1S/C14H28O/c1-8-9-15-14(7,12(4)5)10-13(6)11(2)3/h8,11-13H,1,9-10H2,2-7H3. The molecule has 0 aromatic heterocycles. The molecule has 1 heteroatoms. The van der Waals surface area contributed by atoms with Crippen molar-refractivity contribution in [2.45, 2.75) is 53.6 Å². The fourth-order valence-corrected chi connectivity index (χ4v) is 1.59. The molecule has 0 aliphatic rings. The summed E-state index contributed by atoms with van der Waals surface area (Å²) >= 11 is 0. The third-order valence-electron chi connectivity index (χ3n) is 3.62. The van der Waals surface area contributed by atoms with E-state index in [1.807, 2.05) is 6.08 Å². The van der Waals surface area contributed by atoms with Crippen molar-refractivity contribution in [3.8, 4) is 0 Å². The first-order valence-electron chi connectivity index (χ1n) is 6.08. The van der Waals surface area contributed by atoms with Crippen molar-refractivity contribution in [2.24, 2.45) is 17.8 Å². The number of hydrogen-bond acceptors (Lipinski definition) is 1. The molecule has 90 valence electrons. The average molecular weight is 212 g/mol. The zero-order chi connectivity index (χ0) is 12.1. The second-order valence-electron chi connectivity index (χ2n) is 5.49. The lowest BCUT2D eigenvalue weighted by atomic mass is 9.80. The van der Waals surface area contributed by atoms with Crippen LogP contribution in [-0.4, -0.2) is 12.2 Å². The van der Waals surface area contributed by atoms with E-state index in [2.05, 4.69) is 48.1 Å². The molecular formula is C14H28O. The normalized spacial score (nSPS) is 17.9. The molecule has 0 saturated heterocycles. The van der Waals surface area contributed by atoms with Gasteiger partial charge in [-0.2, -0.15) is 0 Å². The minimum absolute atomic E-state index is 0.0160. The van der Waals surface area contributed by atoms with Crippen LogP contribution in [0.5, 0.6) is 0 Å². The molecule has 0 aliphatic heterocycles. The average Bonchev–Trinajstić information content (AvgIpc) is 2.14. The molecule has 2 atom stereocenters. The van der Waals surface area contributed by atoms with Crippen molar-refractivity contribution in [3.05, 3.63) is 12.7 Å². The Hall–Kier alpha value is -0.300. The van der Waals surface area contributed by atoms with E-state index in [-0.39, 0.29) is 5.60 Å². The molecule has 0 bridgehead atoms. The van der Waals surface area contributed by atoms with E-state index >= 15 is 0 Å². The Balaban J connectivity index is 4.43. The molecule has 0 heterocycles. The highest BCUT2D eigenvalue weighted by atomic mass is 16.5. The van der Waals surface area contributed by atoms with Crippen molar-refractivity contribution in [3.63, 3.8) is 0 Å². The molecule has 0 aromatic rings. The maximum atomic E-state index is 5.94. The molecule has 15 heavy (non-hydrogen) atoms. The van der Waals surface area contributed by atoms with Gasteiger partial charge in [0.2, 0.25) is 0 Å². The molecule has 0 N–H and O–H groups in total. The number of rotatable bonds is 7. The molecule has 0 rings (SSSR count). The first kappa shape index (κ1) is 14.7. The fourth-order valence-electron chi connectivity index (χ4n) is 1.59. The van der Waals surface area contributed by atoms with Crippen LogP contribution in [0, 0.1) is 17.8 Å². The Morgan fingerprint density at radius 1 is 1.20 bits per heavy atom. The van der Waals surface area contributed by atoms with Crippen LogP contribution in [0.3, 0.4) is 0 Å². The van der Waals surface area contributed by atoms with Gasteiger partial charge in [0.15, 0.2) is 0 Å². The third-order valence-corrected chi connectivity index (χ3v) is 3.62. The maximum absolute atomic E-state index is 5.94. The van der Waals surface area contributed by atoms with E-state index in [9.17, 15) is 0 Å². The summed E-state index contributed by atoms with van der Waals surface area (Å²) in [5.41, 5.74) is -0.0160. The van der Waals surface area contributed by atoms with E-state index < -0.39 is 0 Å². The Bertz CT molecular complexity index is 184. The van der Waals surface area contributed by atoms with Gasteiger partial charge in [-0.15, -0.1) is 6.58 Å². The van der Waals surface area contributed by atoms with Gasteiger partial charge < -0.3 is 4.74 Å². The largest absolute Gasteiger partial charge is 0.371 e. The quantitative estimate of drug-likeness (QED) is 0.572. The molecule has 0 aliphatic carbocycles. The van der Waals surface area contributed by atoms with Gasteiger partial charge in [0.1, 0.15) is 0 Å². The highest BCUT2D eigenvalue weighted by molar-refractivity contribution is 4.83. The summed E-state index contributed by atoms with van der Waals surface area (Å²) in [5.74, 6) is 1.95. The minimum Gasteiger partial charge on any atom is -0.371 e. The molecule has 0 amide bonds. The lowest BCUT2D eigenvalue weighted by Gasteiger charge is -2.37. The van der Waals surface area contributed by atoms with Gasteiger partial charge >= 0.3 is 0 Å². The van der Waals surface area contributed by atoms with E-state index in [0.29, 0.717) is 18.4 Å². The van der Waals surface area contributed by atoms with Gasteiger partial charge in [-0.05, 0) is 31.1 Å². The monoisotopic (exact) mass is 212 g/mol. The summed E-state index contributed by atoms with van der Waals surface area (Å²) in [6, 6.07) is 0. The predicted molar refractivity (Wildman–Crippen MR) is 68.0 cm³/mol. The molecule has 0 fully saturated rings. The lowest BCUT2D eigenvalue weighted by Crippen LogP contribution is -2.37. The van der Waals surface area contributed by atoms with Crippen LogP contribution >= 0.6 is 0 Å². The highest BCUT2D eigenvalue weighted by Gasteiger charge is 2.31. The molecule has 0 saturated carbocycles. The van der Waals surface area contributed by atoms with Crippen molar-refractivity contribution in [1.82, 2.24) is 0 Å². The van der Waals surface area contributed by atoms with Crippen molar-refractivity contribution in [2.75, 3.05) is 6.61 Å². The van der Waals surface area contributed by atoms with Crippen molar-refractivity contribution < 1.29 is 4.74 Å². The van der Waals surface area contributed by atoms with Crippen LogP contribution in [0.25, 0.3) is 0 Å². The predicted octanol–water partition coefficient (Wildman–Crippen LogP) is 4.29. The summed E-state index contributed by atoms with van der Waals surface area (Å²) in [5, 5.41) is 0. The van der Waals surface area contributed by atoms with Crippen LogP contribution < -0.4 is 0 Å². The van der Waals surface area contributed by atoms with E-state index in [4.69, 9.17) is 4.74 Å². The Morgan fingerprint density at radius 3 is 2.07 bits per heavy atom. The molecule has 0 aromatic carbocycles. The molecule has 0 spiro atoms. The van der Waals surface area contributed by atoms with E-state index in [1.54, 1.807) is 0 Å². The van der Waals surface area contributed by atoms with E-state index in [0.717, 1.165) is 12.3 Å². The smallest absolute Gasteiger partial charge is 0.0684 e. The minimum atomic E-state index is -0.0160. The highest BCUT2D eigenvalue weighted by Crippen LogP contribution is 2.31. The topological polar surface area (TPSA) is 9.23 Å². The van der Waals surface area contributed by atoms with Crippen LogP contribution in [0.2, 0.25) is 0 Å². The van der Waals surface area contributed by atoms with Crippen molar-refractivity contribution >= 4 is 0 Å². The van der Waals surface area contributed by atoms with Gasteiger partial charge in [0.25, 0.3) is 0 Å². The third kappa shape index (κ3) is 4.83. The second kappa shape index (κ2) is 6.32. The zero-order valence-electron chi connectivity index (χ0n) is 11.3. The first-order valence-corrected chi connectivity index (χ1v) is 6.08. The van der Waals surface area contributed by atoms with Gasteiger partial charge in [-0.1, -0.05) is 40.7 Å². The van der Waals surface area contributed by atoms with Gasteiger partial charge in [0, 0.05) is 0 Å². The Labute approximate surface area is 95.9 Å². The summed E-state index contributed by atoms with van der Waals surface area (Å²) in [6.07, 6.45) is 2.96. The molecular weight excluding hydrogens is 184 g/mol. The van der Waals surface area contributed by atoms with Crippen molar-refractivity contribution in [1.29, 1.82) is 0 Å². The number of ether oxygens (including phenoxy) is 1. The number of hydrogen-bond donors (Lipinski definition) is 0. The van der Waals surface area contributed by atoms with E-state index in [1.165, 1.54) is 0 Å². The Kier molecular flexibility index (Phi) is 6.19.